The highest BCUT2D eigenvalue weighted by Crippen LogP contribution is 2.08. The molecule has 0 spiro atoms. The van der Waals surface area contributed by atoms with Gasteiger partial charge in [-0.25, -0.2) is 0 Å². The molecule has 104 valence electrons. The topological polar surface area (TPSA) is 57.6 Å². The molecular weight excluding hydrogens is 242 g/mol. The van der Waals surface area contributed by atoms with Gasteiger partial charge in [-0.1, -0.05) is 29.8 Å². The predicted molar refractivity (Wildman–Crippen MR) is 74.0 cm³/mol. The molecule has 1 rings (SSSR count). The molecule has 19 heavy (non-hydrogen) atoms. The van der Waals surface area contributed by atoms with Crippen LogP contribution in [0.25, 0.3) is 0 Å². The summed E-state index contributed by atoms with van der Waals surface area (Å²) in [5.41, 5.74) is 2.43. The first kappa shape index (κ1) is 15.2. The number of nitrogens with zero attached hydrogens (tertiary/aromatic N) is 1. The van der Waals surface area contributed by atoms with Crippen LogP contribution < -0.4 is 0 Å². The number of rotatable bonds is 7. The van der Waals surface area contributed by atoms with Crippen LogP contribution in [0.5, 0.6) is 0 Å². The van der Waals surface area contributed by atoms with Gasteiger partial charge in [0, 0.05) is 13.0 Å². The average molecular weight is 263 g/mol. The van der Waals surface area contributed by atoms with Crippen LogP contribution in [0.1, 0.15) is 30.9 Å². The van der Waals surface area contributed by atoms with Crippen molar-refractivity contribution in [2.45, 2.75) is 33.1 Å². The standard InChI is InChI=1S/C15H21NO3/c1-3-16(11-15(18)19)14(17)6-4-5-13-9-7-12(2)8-10-13/h7-10H,3-6,11H2,1-2H3,(H,18,19). The van der Waals surface area contributed by atoms with Gasteiger partial charge in [-0.2, -0.15) is 0 Å². The van der Waals surface area contributed by atoms with Crippen LogP contribution >= 0.6 is 0 Å². The molecular formula is C15H21NO3. The van der Waals surface area contributed by atoms with Gasteiger partial charge < -0.3 is 10.0 Å². The van der Waals surface area contributed by atoms with Gasteiger partial charge in [0.25, 0.3) is 0 Å². The molecule has 0 saturated heterocycles. The van der Waals surface area contributed by atoms with E-state index in [1.165, 1.54) is 16.0 Å². The summed E-state index contributed by atoms with van der Waals surface area (Å²) in [5, 5.41) is 8.70. The number of hydrogen-bond acceptors (Lipinski definition) is 2. The molecule has 1 aromatic rings. The number of carbonyl (C=O) groups is 2. The molecule has 0 radical (unpaired) electrons. The van der Waals surface area contributed by atoms with Crippen molar-refractivity contribution in [3.63, 3.8) is 0 Å². The summed E-state index contributed by atoms with van der Waals surface area (Å²) < 4.78 is 0. The van der Waals surface area contributed by atoms with Crippen LogP contribution in [0, 0.1) is 6.92 Å². The zero-order valence-corrected chi connectivity index (χ0v) is 11.6. The average Bonchev–Trinajstić information content (AvgIpc) is 2.38. The SMILES string of the molecule is CCN(CC(=O)O)C(=O)CCCc1ccc(C)cc1. The number of carboxylic acid groups (broad SMARTS) is 1. The molecule has 0 fully saturated rings. The Morgan fingerprint density at radius 2 is 1.84 bits per heavy atom. The van der Waals surface area contributed by atoms with Crippen molar-refractivity contribution in [3.05, 3.63) is 35.4 Å². The Morgan fingerprint density at radius 1 is 1.21 bits per heavy atom. The van der Waals surface area contributed by atoms with E-state index in [9.17, 15) is 9.59 Å². The minimum Gasteiger partial charge on any atom is -0.480 e. The number of amides is 1. The molecule has 4 heteroatoms. The number of benzene rings is 1. The minimum absolute atomic E-state index is 0.0861. The largest absolute Gasteiger partial charge is 0.480 e. The van der Waals surface area contributed by atoms with E-state index < -0.39 is 5.97 Å². The first-order valence-corrected chi connectivity index (χ1v) is 6.58. The summed E-state index contributed by atoms with van der Waals surface area (Å²) in [6.45, 7) is 4.06. The molecule has 0 saturated carbocycles. The van der Waals surface area contributed by atoms with E-state index in [4.69, 9.17) is 5.11 Å². The van der Waals surface area contributed by atoms with Crippen molar-refractivity contribution in [1.82, 2.24) is 4.90 Å². The van der Waals surface area contributed by atoms with E-state index in [0.29, 0.717) is 13.0 Å². The van der Waals surface area contributed by atoms with Crippen molar-refractivity contribution < 1.29 is 14.7 Å². The summed E-state index contributed by atoms with van der Waals surface area (Å²) in [4.78, 5) is 23.8. The Balaban J connectivity index is 2.37. The Hall–Kier alpha value is -1.84. The molecule has 1 N–H and O–H groups in total. The summed E-state index contributed by atoms with van der Waals surface area (Å²) in [6.07, 6.45) is 1.99. The molecule has 0 aromatic heterocycles. The van der Waals surface area contributed by atoms with Gasteiger partial charge in [-0.15, -0.1) is 0 Å². The molecule has 4 nitrogen and oxygen atoms in total. The van der Waals surface area contributed by atoms with E-state index in [1.54, 1.807) is 6.92 Å². The molecule has 0 aliphatic heterocycles. The van der Waals surface area contributed by atoms with Crippen LogP contribution in [-0.4, -0.2) is 35.0 Å². The van der Waals surface area contributed by atoms with Crippen LogP contribution in [-0.2, 0) is 16.0 Å². The van der Waals surface area contributed by atoms with E-state index >= 15 is 0 Å². The fraction of sp³-hybridized carbons (Fsp3) is 0.467. The highest BCUT2D eigenvalue weighted by atomic mass is 16.4. The van der Waals surface area contributed by atoms with E-state index in [-0.39, 0.29) is 12.5 Å². The second kappa shape index (κ2) is 7.56. The zero-order chi connectivity index (χ0) is 14.3. The minimum atomic E-state index is -0.964. The third kappa shape index (κ3) is 5.55. The van der Waals surface area contributed by atoms with E-state index in [1.807, 2.05) is 6.92 Å². The van der Waals surface area contributed by atoms with Gasteiger partial charge >= 0.3 is 5.97 Å². The number of aliphatic carboxylic acids is 1. The van der Waals surface area contributed by atoms with Gasteiger partial charge in [-0.05, 0) is 32.3 Å². The lowest BCUT2D eigenvalue weighted by molar-refractivity contribution is -0.144. The lowest BCUT2D eigenvalue weighted by Gasteiger charge is -2.18. The number of hydrogen-bond donors (Lipinski definition) is 1. The van der Waals surface area contributed by atoms with E-state index in [0.717, 1.165) is 12.8 Å². The molecule has 0 unspecified atom stereocenters. The van der Waals surface area contributed by atoms with Crippen LogP contribution in [0.2, 0.25) is 0 Å². The summed E-state index contributed by atoms with van der Waals surface area (Å²) >= 11 is 0. The van der Waals surface area contributed by atoms with Gasteiger partial charge in [-0.3, -0.25) is 9.59 Å². The van der Waals surface area contributed by atoms with Gasteiger partial charge in [0.2, 0.25) is 5.91 Å². The molecule has 0 atom stereocenters. The van der Waals surface area contributed by atoms with E-state index in [2.05, 4.69) is 24.3 Å². The lowest BCUT2D eigenvalue weighted by atomic mass is 10.1. The van der Waals surface area contributed by atoms with Crippen molar-refractivity contribution in [1.29, 1.82) is 0 Å². The Labute approximate surface area is 114 Å². The first-order chi connectivity index (χ1) is 9.02. The number of carbonyl (C=O) groups excluding carboxylic acids is 1. The summed E-state index contributed by atoms with van der Waals surface area (Å²) in [6, 6.07) is 8.24. The van der Waals surface area contributed by atoms with Crippen molar-refractivity contribution in [2.75, 3.05) is 13.1 Å². The van der Waals surface area contributed by atoms with Crippen LogP contribution in [0.3, 0.4) is 0 Å². The normalized spacial score (nSPS) is 10.2. The molecule has 1 aromatic carbocycles. The van der Waals surface area contributed by atoms with Crippen LogP contribution in [0.4, 0.5) is 0 Å². The van der Waals surface area contributed by atoms with Gasteiger partial charge in [0.1, 0.15) is 6.54 Å². The Morgan fingerprint density at radius 3 is 2.37 bits per heavy atom. The summed E-state index contributed by atoms with van der Waals surface area (Å²) in [5.74, 6) is -1.05. The highest BCUT2D eigenvalue weighted by molar-refractivity contribution is 5.81. The van der Waals surface area contributed by atoms with Crippen molar-refractivity contribution >= 4 is 11.9 Å². The van der Waals surface area contributed by atoms with Gasteiger partial charge in [0.05, 0.1) is 0 Å². The van der Waals surface area contributed by atoms with Crippen molar-refractivity contribution in [3.8, 4) is 0 Å². The smallest absolute Gasteiger partial charge is 0.323 e. The lowest BCUT2D eigenvalue weighted by Crippen LogP contribution is -2.35. The molecule has 1 amide bonds. The number of aryl methyl sites for hydroxylation is 2. The second-order valence-corrected chi connectivity index (χ2v) is 4.64. The predicted octanol–water partition coefficient (Wildman–Crippen LogP) is 2.25. The van der Waals surface area contributed by atoms with Crippen molar-refractivity contribution in [2.24, 2.45) is 0 Å². The maximum Gasteiger partial charge on any atom is 0.323 e. The van der Waals surface area contributed by atoms with Crippen LogP contribution in [0.15, 0.2) is 24.3 Å². The molecule has 0 aliphatic rings. The molecule has 0 bridgehead atoms. The molecule has 0 heterocycles. The zero-order valence-electron chi connectivity index (χ0n) is 11.6. The number of likely N-dealkylation sites (N-methyl/N-ethyl adjacent to an activating group) is 1. The monoisotopic (exact) mass is 263 g/mol. The summed E-state index contributed by atoms with van der Waals surface area (Å²) in [7, 11) is 0. The third-order valence-corrected chi connectivity index (χ3v) is 3.04. The molecule has 0 aliphatic carbocycles. The first-order valence-electron chi connectivity index (χ1n) is 6.58. The second-order valence-electron chi connectivity index (χ2n) is 4.64. The Kier molecular flexibility index (Phi) is 6.06. The highest BCUT2D eigenvalue weighted by Gasteiger charge is 2.14. The maximum atomic E-state index is 11.8. The number of carboxylic acids is 1. The quantitative estimate of drug-likeness (QED) is 0.821. The van der Waals surface area contributed by atoms with Gasteiger partial charge in [0.15, 0.2) is 0 Å². The maximum absolute atomic E-state index is 11.8. The fourth-order valence-electron chi connectivity index (χ4n) is 1.90. The third-order valence-electron chi connectivity index (χ3n) is 3.04. The Bertz CT molecular complexity index is 426. The fourth-order valence-corrected chi connectivity index (χ4v) is 1.90.